The molecule has 3 rings (SSSR count). The van der Waals surface area contributed by atoms with Crippen molar-refractivity contribution >= 4 is 38.7 Å². The predicted octanol–water partition coefficient (Wildman–Crippen LogP) is 2.70. The van der Waals surface area contributed by atoms with Crippen LogP contribution in [0.1, 0.15) is 19.0 Å². The van der Waals surface area contributed by atoms with E-state index in [1.807, 2.05) is 23.6 Å². The topological polar surface area (TPSA) is 76.1 Å². The molecule has 5 nitrogen and oxygen atoms in total. The van der Waals surface area contributed by atoms with Gasteiger partial charge >= 0.3 is 0 Å². The molecule has 0 unspecified atom stereocenters. The number of halogens is 1. The Morgan fingerprint density at radius 1 is 1.42 bits per heavy atom. The molecule has 1 amide bonds. The quantitative estimate of drug-likeness (QED) is 0.879. The summed E-state index contributed by atoms with van der Waals surface area (Å²) in [5.41, 5.74) is 0.805. The van der Waals surface area contributed by atoms with E-state index in [2.05, 4.69) is 10.3 Å². The zero-order valence-corrected chi connectivity index (χ0v) is 15.5. The van der Waals surface area contributed by atoms with E-state index in [4.69, 9.17) is 11.6 Å². The molecule has 1 saturated heterocycles. The second-order valence-corrected chi connectivity index (χ2v) is 9.70. The Balaban J connectivity index is 1.67. The highest BCUT2D eigenvalue weighted by Crippen LogP contribution is 2.30. The van der Waals surface area contributed by atoms with Gasteiger partial charge in [-0.1, -0.05) is 29.8 Å². The molecule has 1 aromatic heterocycles. The van der Waals surface area contributed by atoms with Crippen molar-refractivity contribution in [3.05, 3.63) is 40.4 Å². The lowest BCUT2D eigenvalue weighted by Crippen LogP contribution is -2.47. The number of amides is 1. The third-order valence-electron chi connectivity index (χ3n) is 3.94. The third-order valence-corrected chi connectivity index (χ3v) is 7.10. The van der Waals surface area contributed by atoms with Gasteiger partial charge in [0.25, 0.3) is 0 Å². The fourth-order valence-electron chi connectivity index (χ4n) is 2.80. The van der Waals surface area contributed by atoms with Crippen LogP contribution >= 0.6 is 22.9 Å². The van der Waals surface area contributed by atoms with E-state index < -0.39 is 15.4 Å². The van der Waals surface area contributed by atoms with Crippen molar-refractivity contribution in [1.82, 2.24) is 10.3 Å². The summed E-state index contributed by atoms with van der Waals surface area (Å²) < 4.78 is 23.2. The van der Waals surface area contributed by atoms with Crippen LogP contribution < -0.4 is 5.32 Å². The molecule has 1 aliphatic heterocycles. The van der Waals surface area contributed by atoms with Crippen molar-refractivity contribution in [2.75, 3.05) is 11.5 Å². The number of carbonyl (C=O) groups is 1. The van der Waals surface area contributed by atoms with E-state index in [1.165, 1.54) is 11.3 Å². The fraction of sp³-hybridized carbons (Fsp3) is 0.375. The highest BCUT2D eigenvalue weighted by Gasteiger charge is 2.39. The summed E-state index contributed by atoms with van der Waals surface area (Å²) >= 11 is 7.59. The molecule has 24 heavy (non-hydrogen) atoms. The van der Waals surface area contributed by atoms with Crippen molar-refractivity contribution in [2.45, 2.75) is 25.3 Å². The van der Waals surface area contributed by atoms with E-state index in [9.17, 15) is 13.2 Å². The normalized spacial score (nSPS) is 22.4. The molecule has 0 aliphatic carbocycles. The van der Waals surface area contributed by atoms with Gasteiger partial charge in [0.15, 0.2) is 9.84 Å². The third kappa shape index (κ3) is 3.96. The first-order valence-electron chi connectivity index (χ1n) is 7.47. The highest BCUT2D eigenvalue weighted by molar-refractivity contribution is 7.91. The maximum absolute atomic E-state index is 12.2. The second-order valence-electron chi connectivity index (χ2n) is 6.25. The van der Waals surface area contributed by atoms with Crippen LogP contribution in [0.15, 0.2) is 29.6 Å². The average molecular weight is 385 g/mol. The molecule has 8 heteroatoms. The van der Waals surface area contributed by atoms with E-state index in [0.29, 0.717) is 17.1 Å². The Morgan fingerprint density at radius 3 is 2.83 bits per heavy atom. The van der Waals surface area contributed by atoms with Gasteiger partial charge in [-0.25, -0.2) is 13.4 Å². The zero-order valence-electron chi connectivity index (χ0n) is 13.1. The Bertz CT molecular complexity index is 879. The molecule has 128 valence electrons. The monoisotopic (exact) mass is 384 g/mol. The lowest BCUT2D eigenvalue weighted by molar-refractivity contribution is -0.121. The van der Waals surface area contributed by atoms with Crippen molar-refractivity contribution in [3.63, 3.8) is 0 Å². The summed E-state index contributed by atoms with van der Waals surface area (Å²) in [5, 5.41) is 6.04. The number of carbonyl (C=O) groups excluding carboxylic acids is 1. The molecule has 0 bridgehead atoms. The van der Waals surface area contributed by atoms with Crippen molar-refractivity contribution < 1.29 is 13.2 Å². The van der Waals surface area contributed by atoms with Gasteiger partial charge < -0.3 is 5.32 Å². The van der Waals surface area contributed by atoms with Crippen molar-refractivity contribution in [2.24, 2.45) is 0 Å². The molecule has 0 saturated carbocycles. The molecule has 1 atom stereocenters. The van der Waals surface area contributed by atoms with Crippen LogP contribution in [0.3, 0.4) is 0 Å². The lowest BCUT2D eigenvalue weighted by Gasteiger charge is -2.23. The van der Waals surface area contributed by atoms with E-state index in [0.717, 1.165) is 10.6 Å². The molecular weight excluding hydrogens is 368 g/mol. The molecule has 1 aromatic carbocycles. The summed E-state index contributed by atoms with van der Waals surface area (Å²) in [6.07, 6.45) is 0.569. The average Bonchev–Trinajstić information content (AvgIpc) is 3.03. The number of aromatic nitrogens is 1. The molecular formula is C16H17ClN2O3S2. The number of rotatable bonds is 4. The highest BCUT2D eigenvalue weighted by atomic mass is 35.5. The number of sulfone groups is 1. The van der Waals surface area contributed by atoms with Crippen LogP contribution in [0.5, 0.6) is 0 Å². The van der Waals surface area contributed by atoms with Gasteiger partial charge in [-0.2, -0.15) is 0 Å². The van der Waals surface area contributed by atoms with Gasteiger partial charge in [0, 0.05) is 10.9 Å². The van der Waals surface area contributed by atoms with Crippen LogP contribution in [0.2, 0.25) is 5.02 Å². The zero-order chi connectivity index (χ0) is 17.4. The van der Waals surface area contributed by atoms with Gasteiger partial charge in [-0.15, -0.1) is 11.3 Å². The van der Waals surface area contributed by atoms with E-state index in [-0.39, 0.29) is 23.8 Å². The number of thiazole rings is 1. The van der Waals surface area contributed by atoms with Crippen LogP contribution in [0.25, 0.3) is 10.6 Å². The summed E-state index contributed by atoms with van der Waals surface area (Å²) in [4.78, 5) is 16.7. The first-order chi connectivity index (χ1) is 11.3. The predicted molar refractivity (Wildman–Crippen MR) is 96.1 cm³/mol. The molecule has 0 radical (unpaired) electrons. The number of hydrogen-bond donors (Lipinski definition) is 1. The molecule has 2 heterocycles. The van der Waals surface area contributed by atoms with Gasteiger partial charge in [0.1, 0.15) is 5.01 Å². The lowest BCUT2D eigenvalue weighted by atomic mass is 10.0. The Hall–Kier alpha value is -1.44. The maximum Gasteiger partial charge on any atom is 0.226 e. The van der Waals surface area contributed by atoms with Gasteiger partial charge in [0.05, 0.1) is 34.2 Å². The minimum absolute atomic E-state index is 0.00627. The largest absolute Gasteiger partial charge is 0.350 e. The van der Waals surface area contributed by atoms with Gasteiger partial charge in [-0.3, -0.25) is 4.79 Å². The molecule has 1 N–H and O–H groups in total. The minimum Gasteiger partial charge on any atom is -0.350 e. The van der Waals surface area contributed by atoms with Crippen molar-refractivity contribution in [3.8, 4) is 10.6 Å². The van der Waals surface area contributed by atoms with E-state index >= 15 is 0 Å². The number of hydrogen-bond acceptors (Lipinski definition) is 5. The maximum atomic E-state index is 12.2. The molecule has 1 fully saturated rings. The Labute approximate surface area is 150 Å². The smallest absolute Gasteiger partial charge is 0.226 e. The van der Waals surface area contributed by atoms with Crippen LogP contribution in [0, 0.1) is 0 Å². The Kier molecular flexibility index (Phi) is 4.68. The van der Waals surface area contributed by atoms with Crippen LogP contribution in [-0.2, 0) is 21.1 Å². The van der Waals surface area contributed by atoms with Crippen molar-refractivity contribution in [1.29, 1.82) is 0 Å². The first-order valence-corrected chi connectivity index (χ1v) is 10.6. The second kappa shape index (κ2) is 6.46. The number of nitrogens with one attached hydrogen (secondary N) is 1. The SMILES string of the molecule is C[C@]1(NC(=O)Cc2csc(-c3ccccc3Cl)n2)CCS(=O)(=O)C1. The summed E-state index contributed by atoms with van der Waals surface area (Å²) in [6.45, 7) is 1.77. The molecule has 2 aromatic rings. The number of benzene rings is 1. The molecule has 0 spiro atoms. The number of nitrogens with zero attached hydrogens (tertiary/aromatic N) is 1. The van der Waals surface area contributed by atoms with Crippen LogP contribution in [-0.4, -0.2) is 36.4 Å². The van der Waals surface area contributed by atoms with E-state index in [1.54, 1.807) is 13.0 Å². The minimum atomic E-state index is -3.05. The molecule has 1 aliphatic rings. The standard InChI is InChI=1S/C16H17ClN2O3S2/c1-16(6-7-24(21,22)10-16)19-14(20)8-11-9-23-15(18-11)12-4-2-3-5-13(12)17/h2-5,9H,6-8,10H2,1H3,(H,19,20)/t16-/m0/s1. The fourth-order valence-corrected chi connectivity index (χ4v) is 6.03. The van der Waals surface area contributed by atoms with Gasteiger partial charge in [0.2, 0.25) is 5.91 Å². The Morgan fingerprint density at radius 2 is 2.17 bits per heavy atom. The summed E-state index contributed by atoms with van der Waals surface area (Å²) in [6, 6.07) is 7.42. The van der Waals surface area contributed by atoms with Gasteiger partial charge in [-0.05, 0) is 19.4 Å². The summed E-state index contributed by atoms with van der Waals surface area (Å²) in [7, 11) is -3.05. The first kappa shape index (κ1) is 17.4. The summed E-state index contributed by atoms with van der Waals surface area (Å²) in [5.74, 6) is -0.101. The van der Waals surface area contributed by atoms with Crippen LogP contribution in [0.4, 0.5) is 0 Å².